The second kappa shape index (κ2) is 7.85. The van der Waals surface area contributed by atoms with Crippen molar-refractivity contribution in [1.82, 2.24) is 0 Å². The summed E-state index contributed by atoms with van der Waals surface area (Å²) in [5, 5.41) is 12.7. The molecular weight excluding hydrogens is 406 g/mol. The number of allylic oxidation sites excluding steroid dienone is 2. The van der Waals surface area contributed by atoms with Crippen LogP contribution in [-0.4, -0.2) is 22.6 Å². The molecule has 0 aromatic heterocycles. The lowest BCUT2D eigenvalue weighted by molar-refractivity contribution is 0.0731. The van der Waals surface area contributed by atoms with Crippen molar-refractivity contribution in [1.29, 1.82) is 0 Å². The Hall–Kier alpha value is -3.90. The number of esters is 1. The number of fused-ring (bicyclic) bond motifs is 1. The summed E-state index contributed by atoms with van der Waals surface area (Å²) >= 11 is 6.16. The van der Waals surface area contributed by atoms with Crippen LogP contribution in [0.3, 0.4) is 0 Å². The molecule has 30 heavy (non-hydrogen) atoms. The van der Waals surface area contributed by atoms with Crippen LogP contribution in [0.2, 0.25) is 0 Å². The fourth-order valence-electron chi connectivity index (χ4n) is 3.07. The number of nitrogens with one attached hydrogen (secondary N) is 1. The molecule has 0 spiro atoms. The van der Waals surface area contributed by atoms with E-state index in [1.54, 1.807) is 60.7 Å². The molecule has 0 radical (unpaired) electrons. The molecule has 148 valence electrons. The summed E-state index contributed by atoms with van der Waals surface area (Å²) in [6.07, 6.45) is 0. The Balaban J connectivity index is 1.77. The molecule has 4 rings (SSSR count). The van der Waals surface area contributed by atoms with Crippen LogP contribution in [0.4, 0.5) is 5.69 Å². The molecule has 0 fully saturated rings. The van der Waals surface area contributed by atoms with Crippen LogP contribution in [0.15, 0.2) is 83.5 Å². The number of ether oxygens (including phenoxy) is 1. The van der Waals surface area contributed by atoms with Crippen LogP contribution in [0.1, 0.15) is 31.1 Å². The zero-order valence-corrected chi connectivity index (χ0v) is 16.1. The highest BCUT2D eigenvalue weighted by Gasteiger charge is 2.37. The number of halogens is 1. The molecular formula is C23H14ClNO5. The predicted molar refractivity (Wildman–Crippen MR) is 111 cm³/mol. The van der Waals surface area contributed by atoms with Crippen LogP contribution in [0.25, 0.3) is 0 Å². The summed E-state index contributed by atoms with van der Waals surface area (Å²) in [5.41, 5.74) is 0.111. The van der Waals surface area contributed by atoms with E-state index in [0.29, 0.717) is 5.69 Å². The highest BCUT2D eigenvalue weighted by atomic mass is 35.5. The van der Waals surface area contributed by atoms with Gasteiger partial charge in [0.15, 0.2) is 0 Å². The molecule has 3 aromatic rings. The van der Waals surface area contributed by atoms with Crippen LogP contribution in [0, 0.1) is 0 Å². The zero-order valence-electron chi connectivity index (χ0n) is 15.4. The first kappa shape index (κ1) is 19.4. The monoisotopic (exact) mass is 419 g/mol. The van der Waals surface area contributed by atoms with Gasteiger partial charge in [-0.15, -0.1) is 0 Å². The highest BCUT2D eigenvalue weighted by molar-refractivity contribution is 6.50. The van der Waals surface area contributed by atoms with Crippen LogP contribution in [0.5, 0.6) is 11.5 Å². The molecule has 0 unspecified atom stereocenters. The Morgan fingerprint density at radius 1 is 0.833 bits per heavy atom. The van der Waals surface area contributed by atoms with E-state index >= 15 is 0 Å². The predicted octanol–water partition coefficient (Wildman–Crippen LogP) is 4.55. The van der Waals surface area contributed by atoms with Crippen molar-refractivity contribution >= 4 is 34.8 Å². The number of phenols is 1. The van der Waals surface area contributed by atoms with Crippen molar-refractivity contribution in [3.05, 3.63) is 100 Å². The first-order valence-electron chi connectivity index (χ1n) is 8.92. The zero-order chi connectivity index (χ0) is 21.3. The van der Waals surface area contributed by atoms with Crippen molar-refractivity contribution in [3.8, 4) is 11.5 Å². The van der Waals surface area contributed by atoms with Gasteiger partial charge in [-0.25, -0.2) is 4.79 Å². The minimum absolute atomic E-state index is 0.147. The van der Waals surface area contributed by atoms with E-state index < -0.39 is 23.3 Å². The van der Waals surface area contributed by atoms with E-state index in [9.17, 15) is 19.5 Å². The van der Waals surface area contributed by atoms with E-state index in [2.05, 4.69) is 5.32 Å². The molecule has 0 heterocycles. The number of benzene rings is 3. The van der Waals surface area contributed by atoms with Gasteiger partial charge in [-0.05, 0) is 36.4 Å². The van der Waals surface area contributed by atoms with E-state index in [4.69, 9.17) is 16.3 Å². The third-order valence-corrected chi connectivity index (χ3v) is 4.86. The average molecular weight is 420 g/mol. The fraction of sp³-hybridized carbons (Fsp3) is 0. The van der Waals surface area contributed by atoms with Gasteiger partial charge in [0.1, 0.15) is 22.2 Å². The number of hydrogen-bond acceptors (Lipinski definition) is 6. The Morgan fingerprint density at radius 3 is 2.13 bits per heavy atom. The molecule has 3 aromatic carbocycles. The summed E-state index contributed by atoms with van der Waals surface area (Å²) in [6, 6.07) is 19.3. The maximum atomic E-state index is 13.2. The van der Waals surface area contributed by atoms with E-state index in [1.165, 1.54) is 12.1 Å². The van der Waals surface area contributed by atoms with E-state index in [1.807, 2.05) is 0 Å². The number of carbonyl (C=O) groups excluding carboxylic acids is 3. The average Bonchev–Trinajstić information content (AvgIpc) is 2.77. The number of para-hydroxylation sites is 1. The molecule has 2 N–H and O–H groups in total. The minimum atomic E-state index is -0.750. The molecule has 6 nitrogen and oxygen atoms in total. The Morgan fingerprint density at radius 2 is 1.47 bits per heavy atom. The van der Waals surface area contributed by atoms with Crippen molar-refractivity contribution in [2.75, 3.05) is 5.32 Å². The number of Topliss-reactive ketones (excluding diaryl/α,β-unsaturated/α-hetero) is 2. The van der Waals surface area contributed by atoms with Gasteiger partial charge in [0.25, 0.3) is 0 Å². The standard InChI is InChI=1S/C23H14ClNO5/c24-19-20(25-14-9-5-2-6-10-14)22(28)18-16(12-11-15(26)17(18)21(19)27)30-23(29)13-7-3-1-4-8-13/h1-12,25-26H. The third kappa shape index (κ3) is 3.44. The minimum Gasteiger partial charge on any atom is -0.507 e. The second-order valence-electron chi connectivity index (χ2n) is 6.43. The van der Waals surface area contributed by atoms with Crippen LogP contribution < -0.4 is 10.1 Å². The van der Waals surface area contributed by atoms with Gasteiger partial charge in [0.05, 0.1) is 16.7 Å². The molecule has 1 aliphatic rings. The van der Waals surface area contributed by atoms with Crippen molar-refractivity contribution in [2.24, 2.45) is 0 Å². The lowest BCUT2D eigenvalue weighted by Crippen LogP contribution is -2.26. The molecule has 0 aliphatic heterocycles. The summed E-state index contributed by atoms with van der Waals surface area (Å²) in [6.45, 7) is 0. The molecule has 0 bridgehead atoms. The van der Waals surface area contributed by atoms with Gasteiger partial charge in [0.2, 0.25) is 11.6 Å². The van der Waals surface area contributed by atoms with Gasteiger partial charge >= 0.3 is 5.97 Å². The Kier molecular flexibility index (Phi) is 5.08. The maximum absolute atomic E-state index is 13.2. The molecule has 0 atom stereocenters. The van der Waals surface area contributed by atoms with Gasteiger partial charge in [-0.3, -0.25) is 9.59 Å². The number of ketones is 2. The van der Waals surface area contributed by atoms with E-state index in [0.717, 1.165) is 0 Å². The lowest BCUT2D eigenvalue weighted by Gasteiger charge is -2.21. The second-order valence-corrected chi connectivity index (χ2v) is 6.80. The van der Waals surface area contributed by atoms with Crippen molar-refractivity contribution in [3.63, 3.8) is 0 Å². The van der Waals surface area contributed by atoms with Gasteiger partial charge < -0.3 is 15.2 Å². The largest absolute Gasteiger partial charge is 0.507 e. The molecule has 0 amide bonds. The normalized spacial score (nSPS) is 13.1. The number of anilines is 1. The summed E-state index contributed by atoms with van der Waals surface area (Å²) < 4.78 is 5.39. The number of phenolic OH excluding ortho intramolecular Hbond substituents is 1. The van der Waals surface area contributed by atoms with Gasteiger partial charge in [0, 0.05) is 5.69 Å². The highest BCUT2D eigenvalue weighted by Crippen LogP contribution is 2.39. The summed E-state index contributed by atoms with van der Waals surface area (Å²) in [7, 11) is 0. The number of carbonyl (C=O) groups is 3. The molecule has 0 saturated carbocycles. The number of hydrogen-bond donors (Lipinski definition) is 2. The SMILES string of the molecule is O=C(Oc1ccc(O)c2c1C(=O)C(Nc1ccccc1)=C(Cl)C2=O)c1ccccc1. The Bertz CT molecular complexity index is 1200. The smallest absolute Gasteiger partial charge is 0.343 e. The van der Waals surface area contributed by atoms with Gasteiger partial charge in [-0.2, -0.15) is 0 Å². The Labute approximate surface area is 176 Å². The lowest BCUT2D eigenvalue weighted by atomic mass is 9.90. The maximum Gasteiger partial charge on any atom is 0.343 e. The van der Waals surface area contributed by atoms with Crippen molar-refractivity contribution < 1.29 is 24.2 Å². The van der Waals surface area contributed by atoms with Crippen LogP contribution in [-0.2, 0) is 0 Å². The van der Waals surface area contributed by atoms with Gasteiger partial charge in [-0.1, -0.05) is 48.0 Å². The number of rotatable bonds is 4. The number of aromatic hydroxyl groups is 1. The summed E-state index contributed by atoms with van der Waals surface area (Å²) in [4.78, 5) is 38.5. The molecule has 1 aliphatic carbocycles. The molecule has 0 saturated heterocycles. The van der Waals surface area contributed by atoms with Crippen molar-refractivity contribution in [2.45, 2.75) is 0 Å². The quantitative estimate of drug-likeness (QED) is 0.476. The topological polar surface area (TPSA) is 92.7 Å². The van der Waals surface area contributed by atoms with Crippen LogP contribution >= 0.6 is 11.6 Å². The summed E-state index contributed by atoms with van der Waals surface area (Å²) in [5.74, 6) is -2.71. The first-order valence-corrected chi connectivity index (χ1v) is 9.29. The third-order valence-electron chi connectivity index (χ3n) is 4.50. The van der Waals surface area contributed by atoms with E-state index in [-0.39, 0.29) is 33.2 Å². The molecule has 7 heteroatoms. The fourth-order valence-corrected chi connectivity index (χ4v) is 3.30. The first-order chi connectivity index (χ1) is 14.5.